The zero-order chi connectivity index (χ0) is 13.8. The van der Waals surface area contributed by atoms with E-state index in [1.807, 2.05) is 24.3 Å². The van der Waals surface area contributed by atoms with Crippen LogP contribution in [0.25, 0.3) is 0 Å². The van der Waals surface area contributed by atoms with Crippen molar-refractivity contribution in [1.82, 2.24) is 5.32 Å². The van der Waals surface area contributed by atoms with Gasteiger partial charge in [-0.1, -0.05) is 26.0 Å². The molecular weight excluding hydrogens is 236 g/mol. The van der Waals surface area contributed by atoms with Crippen molar-refractivity contribution in [3.05, 3.63) is 35.4 Å². The number of carbonyl (C=O) groups excluding carboxylic acids is 1. The van der Waals surface area contributed by atoms with Gasteiger partial charge in [-0.15, -0.1) is 0 Å². The summed E-state index contributed by atoms with van der Waals surface area (Å²) >= 11 is 0. The fraction of sp³-hybridized carbons (Fsp3) is 0.562. The average Bonchev–Trinajstić information content (AvgIpc) is 2.43. The van der Waals surface area contributed by atoms with E-state index in [0.717, 1.165) is 24.3 Å². The summed E-state index contributed by atoms with van der Waals surface area (Å²) in [6.07, 6.45) is 3.38. The number of amides is 1. The van der Waals surface area contributed by atoms with Crippen LogP contribution >= 0.6 is 0 Å². The molecule has 3 heteroatoms. The molecule has 0 heterocycles. The van der Waals surface area contributed by atoms with E-state index in [4.69, 9.17) is 5.73 Å². The van der Waals surface area contributed by atoms with E-state index < -0.39 is 0 Å². The topological polar surface area (TPSA) is 55.1 Å². The zero-order valence-corrected chi connectivity index (χ0v) is 11.9. The molecule has 1 aromatic rings. The second-order valence-electron chi connectivity index (χ2n) is 5.84. The Kier molecular flexibility index (Phi) is 4.59. The number of nitrogens with one attached hydrogen (secondary N) is 1. The van der Waals surface area contributed by atoms with Gasteiger partial charge in [0.05, 0.1) is 0 Å². The Morgan fingerprint density at radius 1 is 1.32 bits per heavy atom. The summed E-state index contributed by atoms with van der Waals surface area (Å²) in [7, 11) is 0. The van der Waals surface area contributed by atoms with Gasteiger partial charge in [-0.3, -0.25) is 4.79 Å². The van der Waals surface area contributed by atoms with Crippen LogP contribution in [0.2, 0.25) is 0 Å². The summed E-state index contributed by atoms with van der Waals surface area (Å²) in [5, 5.41) is 3.16. The SMILES string of the molecule is CC1CCC(NC(=O)c2cccc(CN)c2)CC1C. The zero-order valence-electron chi connectivity index (χ0n) is 11.9. The second-order valence-corrected chi connectivity index (χ2v) is 5.84. The molecule has 0 spiro atoms. The van der Waals surface area contributed by atoms with Crippen LogP contribution in [-0.2, 0) is 6.54 Å². The number of benzene rings is 1. The van der Waals surface area contributed by atoms with Gasteiger partial charge in [0, 0.05) is 18.2 Å². The van der Waals surface area contributed by atoms with Gasteiger partial charge in [0.2, 0.25) is 0 Å². The molecule has 0 radical (unpaired) electrons. The molecular formula is C16H24N2O. The molecule has 3 unspecified atom stereocenters. The molecule has 0 aliphatic heterocycles. The first-order valence-electron chi connectivity index (χ1n) is 7.20. The van der Waals surface area contributed by atoms with Crippen molar-refractivity contribution in [2.24, 2.45) is 17.6 Å². The van der Waals surface area contributed by atoms with Crippen LogP contribution in [0.5, 0.6) is 0 Å². The number of hydrogen-bond donors (Lipinski definition) is 2. The van der Waals surface area contributed by atoms with Crippen molar-refractivity contribution in [3.8, 4) is 0 Å². The predicted molar refractivity (Wildman–Crippen MR) is 77.8 cm³/mol. The number of hydrogen-bond acceptors (Lipinski definition) is 2. The van der Waals surface area contributed by atoms with E-state index >= 15 is 0 Å². The lowest BCUT2D eigenvalue weighted by Crippen LogP contribution is -2.39. The number of rotatable bonds is 3. The van der Waals surface area contributed by atoms with Gasteiger partial charge >= 0.3 is 0 Å². The fourth-order valence-electron chi connectivity index (χ4n) is 2.79. The van der Waals surface area contributed by atoms with E-state index in [1.54, 1.807) is 0 Å². The monoisotopic (exact) mass is 260 g/mol. The van der Waals surface area contributed by atoms with Gasteiger partial charge in [0.15, 0.2) is 0 Å². The molecule has 3 nitrogen and oxygen atoms in total. The molecule has 19 heavy (non-hydrogen) atoms. The average molecular weight is 260 g/mol. The van der Waals surface area contributed by atoms with Crippen LogP contribution in [-0.4, -0.2) is 11.9 Å². The third-order valence-corrected chi connectivity index (χ3v) is 4.36. The molecule has 2 rings (SSSR count). The highest BCUT2D eigenvalue weighted by atomic mass is 16.1. The molecule has 0 saturated heterocycles. The van der Waals surface area contributed by atoms with Crippen LogP contribution in [0.15, 0.2) is 24.3 Å². The summed E-state index contributed by atoms with van der Waals surface area (Å²) < 4.78 is 0. The molecule has 3 N–H and O–H groups in total. The minimum Gasteiger partial charge on any atom is -0.349 e. The molecule has 3 atom stereocenters. The van der Waals surface area contributed by atoms with Crippen molar-refractivity contribution in [3.63, 3.8) is 0 Å². The van der Waals surface area contributed by atoms with Crippen molar-refractivity contribution in [1.29, 1.82) is 0 Å². The predicted octanol–water partition coefficient (Wildman–Crippen LogP) is 2.70. The lowest BCUT2D eigenvalue weighted by atomic mass is 9.79. The largest absolute Gasteiger partial charge is 0.349 e. The van der Waals surface area contributed by atoms with Crippen LogP contribution in [0, 0.1) is 11.8 Å². The molecule has 1 amide bonds. The fourth-order valence-corrected chi connectivity index (χ4v) is 2.79. The normalized spacial score (nSPS) is 27.0. The second kappa shape index (κ2) is 6.20. The van der Waals surface area contributed by atoms with Gasteiger partial charge in [-0.05, 0) is 48.8 Å². The number of carbonyl (C=O) groups is 1. The smallest absolute Gasteiger partial charge is 0.251 e. The standard InChI is InChI=1S/C16H24N2O/c1-11-6-7-15(8-12(11)2)18-16(19)14-5-3-4-13(9-14)10-17/h3-5,9,11-12,15H,6-8,10,17H2,1-2H3,(H,18,19). The minimum atomic E-state index is 0.0297. The van der Waals surface area contributed by atoms with E-state index in [1.165, 1.54) is 6.42 Å². The van der Waals surface area contributed by atoms with E-state index in [2.05, 4.69) is 19.2 Å². The third kappa shape index (κ3) is 3.57. The van der Waals surface area contributed by atoms with Gasteiger partial charge in [-0.2, -0.15) is 0 Å². The van der Waals surface area contributed by atoms with Gasteiger partial charge < -0.3 is 11.1 Å². The van der Waals surface area contributed by atoms with Crippen molar-refractivity contribution in [2.45, 2.75) is 45.7 Å². The van der Waals surface area contributed by atoms with E-state index in [0.29, 0.717) is 24.1 Å². The first-order valence-corrected chi connectivity index (χ1v) is 7.20. The quantitative estimate of drug-likeness (QED) is 0.878. The molecule has 1 aromatic carbocycles. The first kappa shape index (κ1) is 14.1. The summed E-state index contributed by atoms with van der Waals surface area (Å²) in [5.74, 6) is 1.49. The third-order valence-electron chi connectivity index (χ3n) is 4.36. The summed E-state index contributed by atoms with van der Waals surface area (Å²) in [6.45, 7) is 5.05. The molecule has 104 valence electrons. The summed E-state index contributed by atoms with van der Waals surface area (Å²) in [4.78, 5) is 12.2. The van der Waals surface area contributed by atoms with E-state index in [9.17, 15) is 4.79 Å². The molecule has 0 aromatic heterocycles. The van der Waals surface area contributed by atoms with E-state index in [-0.39, 0.29) is 5.91 Å². The highest BCUT2D eigenvalue weighted by Crippen LogP contribution is 2.29. The van der Waals surface area contributed by atoms with Crippen molar-refractivity contribution < 1.29 is 4.79 Å². The molecule has 0 bridgehead atoms. The van der Waals surface area contributed by atoms with Crippen LogP contribution in [0.1, 0.15) is 49.0 Å². The van der Waals surface area contributed by atoms with Gasteiger partial charge in [0.1, 0.15) is 0 Å². The van der Waals surface area contributed by atoms with Crippen LogP contribution in [0.4, 0.5) is 0 Å². The van der Waals surface area contributed by atoms with Crippen LogP contribution < -0.4 is 11.1 Å². The van der Waals surface area contributed by atoms with Crippen molar-refractivity contribution >= 4 is 5.91 Å². The Labute approximate surface area is 115 Å². The Morgan fingerprint density at radius 3 is 2.79 bits per heavy atom. The Balaban J connectivity index is 1.97. The molecule has 1 aliphatic carbocycles. The van der Waals surface area contributed by atoms with Gasteiger partial charge in [-0.25, -0.2) is 0 Å². The Bertz CT molecular complexity index is 444. The molecule has 1 aliphatic rings. The lowest BCUT2D eigenvalue weighted by Gasteiger charge is -2.32. The molecule has 1 saturated carbocycles. The Hall–Kier alpha value is -1.35. The maximum atomic E-state index is 12.2. The molecule has 1 fully saturated rings. The first-order chi connectivity index (χ1) is 9.10. The maximum absolute atomic E-state index is 12.2. The summed E-state index contributed by atoms with van der Waals surface area (Å²) in [5.41, 5.74) is 7.32. The highest BCUT2D eigenvalue weighted by molar-refractivity contribution is 5.94. The maximum Gasteiger partial charge on any atom is 0.251 e. The Morgan fingerprint density at radius 2 is 2.11 bits per heavy atom. The van der Waals surface area contributed by atoms with Gasteiger partial charge in [0.25, 0.3) is 5.91 Å². The summed E-state index contributed by atoms with van der Waals surface area (Å²) in [6, 6.07) is 7.89. The lowest BCUT2D eigenvalue weighted by molar-refractivity contribution is 0.0910. The van der Waals surface area contributed by atoms with Crippen LogP contribution in [0.3, 0.4) is 0 Å². The highest BCUT2D eigenvalue weighted by Gasteiger charge is 2.25. The minimum absolute atomic E-state index is 0.0297. The van der Waals surface area contributed by atoms with Crippen molar-refractivity contribution in [2.75, 3.05) is 0 Å². The number of nitrogens with two attached hydrogens (primary N) is 1.